The molecule has 0 radical (unpaired) electrons. The Balaban J connectivity index is 2.14. The van der Waals surface area contributed by atoms with E-state index in [-0.39, 0.29) is 12.7 Å². The van der Waals surface area contributed by atoms with Gasteiger partial charge < -0.3 is 10.1 Å². The number of amides is 1. The molecule has 0 saturated carbocycles. The van der Waals surface area contributed by atoms with Crippen LogP contribution in [0.3, 0.4) is 0 Å². The third-order valence-electron chi connectivity index (χ3n) is 2.08. The van der Waals surface area contributed by atoms with Crippen molar-refractivity contribution in [2.75, 3.05) is 26.3 Å². The van der Waals surface area contributed by atoms with E-state index in [9.17, 15) is 9.18 Å². The molecule has 0 unspecified atom stereocenters. The lowest BCUT2D eigenvalue weighted by atomic mass is 10.1. The Hall–Kier alpha value is -0.840. The van der Waals surface area contributed by atoms with E-state index in [2.05, 4.69) is 5.32 Å². The maximum atomic E-state index is 11.9. The summed E-state index contributed by atoms with van der Waals surface area (Å²) in [6, 6.07) is 0.103. The highest BCUT2D eigenvalue weighted by Crippen LogP contribution is 2.10. The van der Waals surface area contributed by atoms with E-state index < -0.39 is 11.7 Å². The van der Waals surface area contributed by atoms with Crippen molar-refractivity contribution in [2.24, 2.45) is 0 Å². The van der Waals surface area contributed by atoms with Gasteiger partial charge in [-0.05, 0) is 20.8 Å². The molecule has 1 amide bonds. The molecule has 5 heteroatoms. The molecular weight excluding hydrogens is 199 g/mol. The first-order valence-electron chi connectivity index (χ1n) is 5.18. The van der Waals surface area contributed by atoms with Crippen molar-refractivity contribution in [3.05, 3.63) is 0 Å². The summed E-state index contributed by atoms with van der Waals surface area (Å²) < 4.78 is 17.0. The Morgan fingerprint density at radius 2 is 2.13 bits per heavy atom. The van der Waals surface area contributed by atoms with E-state index in [1.807, 2.05) is 25.7 Å². The van der Waals surface area contributed by atoms with E-state index in [1.54, 1.807) is 0 Å². The number of hydrogen-bond donors (Lipinski definition) is 1. The first-order valence-corrected chi connectivity index (χ1v) is 5.18. The molecule has 88 valence electrons. The summed E-state index contributed by atoms with van der Waals surface area (Å²) in [7, 11) is 0. The summed E-state index contributed by atoms with van der Waals surface area (Å²) in [5, 5.41) is 2.74. The fraction of sp³-hybridized carbons (Fsp3) is 0.900. The lowest BCUT2D eigenvalue weighted by molar-refractivity contribution is 0.0396. The highest BCUT2D eigenvalue weighted by atomic mass is 19.1. The molecule has 1 saturated heterocycles. The second-order valence-electron chi connectivity index (χ2n) is 4.79. The van der Waals surface area contributed by atoms with Crippen molar-refractivity contribution in [2.45, 2.75) is 32.4 Å². The predicted octanol–water partition coefficient (Wildman–Crippen LogP) is 1.16. The van der Waals surface area contributed by atoms with Crippen LogP contribution in [0.25, 0.3) is 0 Å². The third-order valence-corrected chi connectivity index (χ3v) is 2.08. The van der Waals surface area contributed by atoms with Crippen LogP contribution < -0.4 is 5.32 Å². The molecule has 1 rings (SSSR count). The van der Waals surface area contributed by atoms with Gasteiger partial charge in [-0.3, -0.25) is 4.90 Å². The maximum absolute atomic E-state index is 11.9. The molecule has 0 aromatic rings. The molecule has 4 nitrogen and oxygen atoms in total. The van der Waals surface area contributed by atoms with Gasteiger partial charge in [0, 0.05) is 19.6 Å². The van der Waals surface area contributed by atoms with Gasteiger partial charge in [0.1, 0.15) is 12.3 Å². The molecule has 1 N–H and O–H groups in total. The van der Waals surface area contributed by atoms with E-state index in [1.165, 1.54) is 0 Å². The van der Waals surface area contributed by atoms with Crippen LogP contribution in [0.5, 0.6) is 0 Å². The Labute approximate surface area is 89.8 Å². The minimum atomic E-state index is -0.466. The van der Waals surface area contributed by atoms with Crippen molar-refractivity contribution in [1.82, 2.24) is 10.2 Å². The Morgan fingerprint density at radius 1 is 1.53 bits per heavy atom. The zero-order valence-electron chi connectivity index (χ0n) is 9.55. The van der Waals surface area contributed by atoms with Gasteiger partial charge in [-0.15, -0.1) is 0 Å². The summed E-state index contributed by atoms with van der Waals surface area (Å²) in [6.45, 7) is 7.01. The monoisotopic (exact) mass is 218 g/mol. The summed E-state index contributed by atoms with van der Waals surface area (Å²) in [5.74, 6) is 0. The smallest absolute Gasteiger partial charge is 0.407 e. The topological polar surface area (TPSA) is 41.6 Å². The molecule has 1 fully saturated rings. The van der Waals surface area contributed by atoms with Gasteiger partial charge in [-0.2, -0.15) is 0 Å². The lowest BCUT2D eigenvalue weighted by Crippen LogP contribution is -2.60. The van der Waals surface area contributed by atoms with E-state index in [4.69, 9.17) is 4.74 Å². The fourth-order valence-electron chi connectivity index (χ4n) is 1.44. The van der Waals surface area contributed by atoms with Crippen LogP contribution >= 0.6 is 0 Å². The average molecular weight is 218 g/mol. The van der Waals surface area contributed by atoms with Crippen LogP contribution in [0, 0.1) is 0 Å². The van der Waals surface area contributed by atoms with Gasteiger partial charge in [0.2, 0.25) is 0 Å². The average Bonchev–Trinajstić information content (AvgIpc) is 1.97. The molecular formula is C10H19FN2O2. The van der Waals surface area contributed by atoms with E-state index >= 15 is 0 Å². The quantitative estimate of drug-likeness (QED) is 0.773. The van der Waals surface area contributed by atoms with Crippen LogP contribution in [0.2, 0.25) is 0 Å². The van der Waals surface area contributed by atoms with Crippen LogP contribution in [-0.2, 0) is 4.74 Å². The van der Waals surface area contributed by atoms with Crippen molar-refractivity contribution >= 4 is 6.09 Å². The second kappa shape index (κ2) is 4.79. The highest BCUT2D eigenvalue weighted by Gasteiger charge is 2.28. The standard InChI is InChI=1S/C10H19FN2O2/c1-10(2,3)15-9(14)12-8-6-13(7-8)5-4-11/h8H,4-7H2,1-3H3,(H,12,14). The molecule has 0 bridgehead atoms. The largest absolute Gasteiger partial charge is 0.444 e. The Bertz CT molecular complexity index is 222. The highest BCUT2D eigenvalue weighted by molar-refractivity contribution is 5.68. The van der Waals surface area contributed by atoms with Gasteiger partial charge in [-0.25, -0.2) is 9.18 Å². The van der Waals surface area contributed by atoms with Crippen molar-refractivity contribution < 1.29 is 13.9 Å². The number of carbonyl (C=O) groups excluding carboxylic acids is 1. The van der Waals surface area contributed by atoms with Crippen molar-refractivity contribution in [3.8, 4) is 0 Å². The predicted molar refractivity (Wildman–Crippen MR) is 55.6 cm³/mol. The first-order chi connectivity index (χ1) is 6.90. The van der Waals surface area contributed by atoms with Gasteiger partial charge in [0.05, 0.1) is 6.04 Å². The summed E-state index contributed by atoms with van der Waals surface area (Å²) in [4.78, 5) is 13.2. The number of alkyl halides is 1. The Kier molecular flexibility index (Phi) is 3.90. The number of hydrogen-bond acceptors (Lipinski definition) is 3. The lowest BCUT2D eigenvalue weighted by Gasteiger charge is -2.39. The van der Waals surface area contributed by atoms with Crippen LogP contribution in [0.4, 0.5) is 9.18 Å². The van der Waals surface area contributed by atoms with E-state index in [0.717, 1.165) is 0 Å². The SMILES string of the molecule is CC(C)(C)OC(=O)NC1CN(CCF)C1. The third kappa shape index (κ3) is 4.46. The number of nitrogens with zero attached hydrogens (tertiary/aromatic N) is 1. The summed E-state index contributed by atoms with van der Waals surface area (Å²) >= 11 is 0. The van der Waals surface area contributed by atoms with Crippen molar-refractivity contribution in [1.29, 1.82) is 0 Å². The molecule has 0 aromatic carbocycles. The number of ether oxygens (including phenoxy) is 1. The van der Waals surface area contributed by atoms with Gasteiger partial charge in [0.25, 0.3) is 0 Å². The zero-order chi connectivity index (χ0) is 11.5. The molecule has 1 heterocycles. The minimum absolute atomic E-state index is 0.103. The zero-order valence-corrected chi connectivity index (χ0v) is 9.55. The van der Waals surface area contributed by atoms with Gasteiger partial charge in [0.15, 0.2) is 0 Å². The number of likely N-dealkylation sites (tertiary alicyclic amines) is 1. The maximum Gasteiger partial charge on any atom is 0.407 e. The van der Waals surface area contributed by atoms with Gasteiger partial charge >= 0.3 is 6.09 Å². The number of nitrogens with one attached hydrogen (secondary N) is 1. The van der Waals surface area contributed by atoms with Crippen LogP contribution in [0.15, 0.2) is 0 Å². The minimum Gasteiger partial charge on any atom is -0.444 e. The van der Waals surface area contributed by atoms with Gasteiger partial charge in [-0.1, -0.05) is 0 Å². The first kappa shape index (κ1) is 12.2. The molecule has 0 atom stereocenters. The molecule has 0 spiro atoms. The van der Waals surface area contributed by atoms with Crippen LogP contribution in [0.1, 0.15) is 20.8 Å². The number of rotatable bonds is 3. The molecule has 1 aliphatic heterocycles. The Morgan fingerprint density at radius 3 is 2.60 bits per heavy atom. The fourth-order valence-corrected chi connectivity index (χ4v) is 1.44. The number of alkyl carbamates (subject to hydrolysis) is 1. The molecule has 0 aromatic heterocycles. The van der Waals surface area contributed by atoms with Crippen LogP contribution in [-0.4, -0.2) is 48.9 Å². The normalized spacial score (nSPS) is 18.4. The van der Waals surface area contributed by atoms with Crippen molar-refractivity contribution in [3.63, 3.8) is 0 Å². The molecule has 15 heavy (non-hydrogen) atoms. The second-order valence-corrected chi connectivity index (χ2v) is 4.79. The summed E-state index contributed by atoms with van der Waals surface area (Å²) in [5.41, 5.74) is -0.466. The van der Waals surface area contributed by atoms with E-state index in [0.29, 0.717) is 19.6 Å². The number of halogens is 1. The molecule has 0 aliphatic carbocycles. The molecule has 1 aliphatic rings. The summed E-state index contributed by atoms with van der Waals surface area (Å²) in [6.07, 6.45) is -0.396. The number of carbonyl (C=O) groups is 1.